The van der Waals surface area contributed by atoms with Gasteiger partial charge in [-0.25, -0.2) is 0 Å². The van der Waals surface area contributed by atoms with Crippen LogP contribution in [-0.2, 0) is 6.54 Å². The fraction of sp³-hybridized carbons (Fsp3) is 0.700. The molecule has 1 saturated heterocycles. The van der Waals surface area contributed by atoms with Crippen molar-refractivity contribution < 1.29 is 4.52 Å². The molecule has 14 heavy (non-hydrogen) atoms. The quantitative estimate of drug-likeness (QED) is 0.773. The molecular formula is C10H17N3O. The second-order valence-electron chi connectivity index (χ2n) is 4.05. The second-order valence-corrected chi connectivity index (χ2v) is 4.05. The van der Waals surface area contributed by atoms with Gasteiger partial charge in [-0.1, -0.05) is 5.16 Å². The predicted molar refractivity (Wildman–Crippen MR) is 54.0 cm³/mol. The summed E-state index contributed by atoms with van der Waals surface area (Å²) in [6, 6.07) is 0.620. The largest absolute Gasteiger partial charge is 0.364 e. The SMILES string of the molecule is Cc1nocc1CNC1CCN(C)C1. The van der Waals surface area contributed by atoms with Crippen molar-refractivity contribution in [1.82, 2.24) is 15.4 Å². The molecule has 1 aromatic heterocycles. The molecule has 0 aliphatic carbocycles. The smallest absolute Gasteiger partial charge is 0.128 e. The third-order valence-electron chi connectivity index (χ3n) is 2.82. The van der Waals surface area contributed by atoms with Crippen LogP contribution in [0.1, 0.15) is 17.7 Å². The molecule has 1 N–H and O–H groups in total. The van der Waals surface area contributed by atoms with Gasteiger partial charge in [-0.2, -0.15) is 0 Å². The predicted octanol–water partition coefficient (Wildman–Crippen LogP) is 0.777. The van der Waals surface area contributed by atoms with Gasteiger partial charge in [0.25, 0.3) is 0 Å². The molecule has 2 heterocycles. The van der Waals surface area contributed by atoms with Crippen LogP contribution in [0.4, 0.5) is 0 Å². The average Bonchev–Trinajstić information content (AvgIpc) is 2.72. The van der Waals surface area contributed by atoms with E-state index in [1.54, 1.807) is 6.26 Å². The van der Waals surface area contributed by atoms with E-state index in [0.717, 1.165) is 18.8 Å². The van der Waals surface area contributed by atoms with Crippen LogP contribution in [0.25, 0.3) is 0 Å². The summed E-state index contributed by atoms with van der Waals surface area (Å²) in [5.41, 5.74) is 2.16. The molecule has 0 amide bonds. The van der Waals surface area contributed by atoms with E-state index in [9.17, 15) is 0 Å². The number of hydrogen-bond acceptors (Lipinski definition) is 4. The zero-order valence-corrected chi connectivity index (χ0v) is 8.79. The number of aryl methyl sites for hydroxylation is 1. The van der Waals surface area contributed by atoms with Gasteiger partial charge in [-0.3, -0.25) is 0 Å². The Morgan fingerprint density at radius 1 is 1.71 bits per heavy atom. The first-order valence-electron chi connectivity index (χ1n) is 5.07. The van der Waals surface area contributed by atoms with Gasteiger partial charge < -0.3 is 14.7 Å². The Kier molecular flexibility index (Phi) is 2.84. The Balaban J connectivity index is 1.80. The third-order valence-corrected chi connectivity index (χ3v) is 2.82. The number of aromatic nitrogens is 1. The van der Waals surface area contributed by atoms with Crippen LogP contribution in [0.3, 0.4) is 0 Å². The highest BCUT2D eigenvalue weighted by atomic mass is 16.5. The van der Waals surface area contributed by atoms with E-state index in [4.69, 9.17) is 4.52 Å². The van der Waals surface area contributed by atoms with Gasteiger partial charge in [0.15, 0.2) is 0 Å². The lowest BCUT2D eigenvalue weighted by molar-refractivity contribution is 0.397. The second kappa shape index (κ2) is 4.11. The summed E-state index contributed by atoms with van der Waals surface area (Å²) < 4.78 is 4.88. The van der Waals surface area contributed by atoms with Gasteiger partial charge in [-0.15, -0.1) is 0 Å². The number of likely N-dealkylation sites (N-methyl/N-ethyl adjacent to an activating group) is 1. The first-order chi connectivity index (χ1) is 6.75. The van der Waals surface area contributed by atoms with Gasteiger partial charge in [-0.05, 0) is 26.9 Å². The highest BCUT2D eigenvalue weighted by molar-refractivity contribution is 5.12. The Hall–Kier alpha value is -0.870. The van der Waals surface area contributed by atoms with Crippen LogP contribution >= 0.6 is 0 Å². The van der Waals surface area contributed by atoms with Crippen molar-refractivity contribution in [2.24, 2.45) is 0 Å². The van der Waals surface area contributed by atoms with E-state index < -0.39 is 0 Å². The van der Waals surface area contributed by atoms with Gasteiger partial charge in [0, 0.05) is 24.7 Å². The summed E-state index contributed by atoms with van der Waals surface area (Å²) in [5.74, 6) is 0. The maximum absolute atomic E-state index is 4.88. The highest BCUT2D eigenvalue weighted by Gasteiger charge is 2.18. The molecule has 1 fully saturated rings. The molecule has 1 aliphatic rings. The molecule has 0 saturated carbocycles. The molecule has 1 unspecified atom stereocenters. The summed E-state index contributed by atoms with van der Waals surface area (Å²) in [6.45, 7) is 5.18. The summed E-state index contributed by atoms with van der Waals surface area (Å²) >= 11 is 0. The van der Waals surface area contributed by atoms with Crippen molar-refractivity contribution in [3.63, 3.8) is 0 Å². The van der Waals surface area contributed by atoms with Crippen molar-refractivity contribution in [3.8, 4) is 0 Å². The van der Waals surface area contributed by atoms with Crippen LogP contribution in [0.15, 0.2) is 10.8 Å². The minimum absolute atomic E-state index is 0.620. The molecule has 0 radical (unpaired) electrons. The molecule has 0 bridgehead atoms. The minimum Gasteiger partial charge on any atom is -0.364 e. The molecule has 1 aliphatic heterocycles. The molecule has 0 spiro atoms. The lowest BCUT2D eigenvalue weighted by atomic mass is 10.2. The Bertz CT molecular complexity index is 297. The van der Waals surface area contributed by atoms with E-state index in [-0.39, 0.29) is 0 Å². The maximum Gasteiger partial charge on any atom is 0.128 e. The zero-order valence-electron chi connectivity index (χ0n) is 8.79. The monoisotopic (exact) mass is 195 g/mol. The zero-order chi connectivity index (χ0) is 9.97. The van der Waals surface area contributed by atoms with Crippen LogP contribution in [-0.4, -0.2) is 36.2 Å². The molecule has 0 aromatic carbocycles. The topological polar surface area (TPSA) is 41.3 Å². The summed E-state index contributed by atoms with van der Waals surface area (Å²) in [4.78, 5) is 2.35. The van der Waals surface area contributed by atoms with Crippen molar-refractivity contribution in [2.75, 3.05) is 20.1 Å². The van der Waals surface area contributed by atoms with Gasteiger partial charge >= 0.3 is 0 Å². The summed E-state index contributed by atoms with van der Waals surface area (Å²) in [5, 5.41) is 7.36. The first kappa shape index (κ1) is 9.68. The van der Waals surface area contributed by atoms with E-state index >= 15 is 0 Å². The summed E-state index contributed by atoms with van der Waals surface area (Å²) in [6.07, 6.45) is 2.96. The Morgan fingerprint density at radius 2 is 2.57 bits per heavy atom. The molecular weight excluding hydrogens is 178 g/mol. The molecule has 2 rings (SSSR count). The molecule has 1 atom stereocenters. The van der Waals surface area contributed by atoms with Gasteiger partial charge in [0.05, 0.1) is 5.69 Å². The molecule has 4 heteroatoms. The lowest BCUT2D eigenvalue weighted by Gasteiger charge is -2.11. The highest BCUT2D eigenvalue weighted by Crippen LogP contribution is 2.09. The standard InChI is InChI=1S/C10H17N3O/c1-8-9(7-14-12-8)5-11-10-3-4-13(2)6-10/h7,10-11H,3-6H2,1-2H3. The van der Waals surface area contributed by atoms with Crippen molar-refractivity contribution >= 4 is 0 Å². The van der Waals surface area contributed by atoms with E-state index in [0.29, 0.717) is 6.04 Å². The van der Waals surface area contributed by atoms with E-state index in [2.05, 4.69) is 22.4 Å². The number of hydrogen-bond donors (Lipinski definition) is 1. The number of likely N-dealkylation sites (tertiary alicyclic amines) is 1. The number of nitrogens with one attached hydrogen (secondary N) is 1. The number of rotatable bonds is 3. The fourth-order valence-corrected chi connectivity index (χ4v) is 1.84. The van der Waals surface area contributed by atoms with Crippen molar-refractivity contribution in [1.29, 1.82) is 0 Å². The minimum atomic E-state index is 0.620. The molecule has 78 valence electrons. The maximum atomic E-state index is 4.88. The Labute approximate surface area is 84.3 Å². The Morgan fingerprint density at radius 3 is 3.14 bits per heavy atom. The van der Waals surface area contributed by atoms with Crippen LogP contribution in [0.5, 0.6) is 0 Å². The van der Waals surface area contributed by atoms with Gasteiger partial charge in [0.1, 0.15) is 6.26 Å². The first-order valence-corrected chi connectivity index (χ1v) is 5.07. The van der Waals surface area contributed by atoms with E-state index in [1.807, 2.05) is 6.92 Å². The number of nitrogens with zero attached hydrogens (tertiary/aromatic N) is 2. The fourth-order valence-electron chi connectivity index (χ4n) is 1.84. The lowest BCUT2D eigenvalue weighted by Crippen LogP contribution is -2.31. The van der Waals surface area contributed by atoms with Crippen LogP contribution in [0, 0.1) is 6.92 Å². The van der Waals surface area contributed by atoms with Crippen molar-refractivity contribution in [3.05, 3.63) is 17.5 Å². The third kappa shape index (κ3) is 2.13. The normalized spacial score (nSPS) is 23.1. The molecule has 4 nitrogen and oxygen atoms in total. The average molecular weight is 195 g/mol. The van der Waals surface area contributed by atoms with Gasteiger partial charge in [0.2, 0.25) is 0 Å². The van der Waals surface area contributed by atoms with Crippen LogP contribution < -0.4 is 5.32 Å². The molecule has 1 aromatic rings. The van der Waals surface area contributed by atoms with Crippen molar-refractivity contribution in [2.45, 2.75) is 25.9 Å². The van der Waals surface area contributed by atoms with E-state index in [1.165, 1.54) is 18.5 Å². The summed E-state index contributed by atoms with van der Waals surface area (Å²) in [7, 11) is 2.16. The van der Waals surface area contributed by atoms with Crippen LogP contribution in [0.2, 0.25) is 0 Å².